The lowest BCUT2D eigenvalue weighted by Crippen LogP contribution is -2.24. The number of carbonyl (C=O) groups is 1. The summed E-state index contributed by atoms with van der Waals surface area (Å²) >= 11 is 0. The van der Waals surface area contributed by atoms with Crippen molar-refractivity contribution in [2.45, 2.75) is 13.5 Å². The molecule has 1 N–H and O–H groups in total. The molecular weight excluding hydrogens is 424 g/mol. The maximum Gasteiger partial charge on any atom is 0.420 e. The van der Waals surface area contributed by atoms with Gasteiger partial charge in [-0.25, -0.2) is 19.7 Å². The van der Waals surface area contributed by atoms with Gasteiger partial charge in [0.2, 0.25) is 11.8 Å². The standard InChI is InChI=1S/C23H18N6O4/c1-15-24-10-11-28(15)20-12-22(26-14-25-20)32-17-8-6-16(7-9-17)27-21(30)13-29-18-4-2-3-5-19(18)33-23(29)31/h2-12,14H,13H2,1H3,(H,27,30). The maximum absolute atomic E-state index is 12.5. The van der Waals surface area contributed by atoms with Gasteiger partial charge in [0.15, 0.2) is 5.58 Å². The molecule has 0 unspecified atom stereocenters. The molecule has 0 atom stereocenters. The van der Waals surface area contributed by atoms with Crippen LogP contribution < -0.4 is 15.8 Å². The Kier molecular flexibility index (Phi) is 5.15. The Morgan fingerprint density at radius 1 is 1.09 bits per heavy atom. The van der Waals surface area contributed by atoms with Crippen molar-refractivity contribution in [1.29, 1.82) is 0 Å². The molecular formula is C23H18N6O4. The number of rotatable bonds is 6. The van der Waals surface area contributed by atoms with E-state index >= 15 is 0 Å². The minimum atomic E-state index is -0.579. The Balaban J connectivity index is 1.25. The van der Waals surface area contributed by atoms with Crippen LogP contribution in [0.25, 0.3) is 16.9 Å². The van der Waals surface area contributed by atoms with E-state index in [2.05, 4.69) is 20.3 Å². The van der Waals surface area contributed by atoms with Crippen LogP contribution in [0.5, 0.6) is 11.6 Å². The Morgan fingerprint density at radius 3 is 2.70 bits per heavy atom. The fourth-order valence-corrected chi connectivity index (χ4v) is 3.37. The molecule has 1 amide bonds. The lowest BCUT2D eigenvalue weighted by Gasteiger charge is -2.09. The molecule has 0 fully saturated rings. The number of oxazole rings is 1. The predicted molar refractivity (Wildman–Crippen MR) is 120 cm³/mol. The summed E-state index contributed by atoms with van der Waals surface area (Å²) in [5, 5.41) is 2.77. The zero-order chi connectivity index (χ0) is 22.8. The van der Waals surface area contributed by atoms with Crippen LogP contribution in [-0.2, 0) is 11.3 Å². The molecule has 0 aliphatic heterocycles. The lowest BCUT2D eigenvalue weighted by molar-refractivity contribution is -0.116. The number of nitrogens with zero attached hydrogens (tertiary/aromatic N) is 5. The fraction of sp³-hybridized carbons (Fsp3) is 0.0870. The van der Waals surface area contributed by atoms with Gasteiger partial charge >= 0.3 is 5.76 Å². The quantitative estimate of drug-likeness (QED) is 0.429. The number of imidazole rings is 1. The minimum Gasteiger partial charge on any atom is -0.439 e. The van der Waals surface area contributed by atoms with Crippen LogP contribution in [0.15, 0.2) is 82.5 Å². The van der Waals surface area contributed by atoms with E-state index in [0.717, 1.165) is 5.82 Å². The summed E-state index contributed by atoms with van der Waals surface area (Å²) in [6, 6.07) is 15.5. The van der Waals surface area contributed by atoms with Crippen molar-refractivity contribution in [3.05, 3.63) is 89.7 Å². The number of ether oxygens (including phenoxy) is 1. The smallest absolute Gasteiger partial charge is 0.420 e. The Labute approximate surface area is 187 Å². The lowest BCUT2D eigenvalue weighted by atomic mass is 10.3. The molecule has 3 aromatic heterocycles. The average Bonchev–Trinajstić information content (AvgIpc) is 3.38. The second kappa shape index (κ2) is 8.42. The number of nitrogens with one attached hydrogen (secondary N) is 1. The number of benzene rings is 2. The molecule has 3 heterocycles. The summed E-state index contributed by atoms with van der Waals surface area (Å²) in [4.78, 5) is 37.1. The van der Waals surface area contributed by atoms with Crippen LogP contribution in [0.1, 0.15) is 5.82 Å². The van der Waals surface area contributed by atoms with Gasteiger partial charge < -0.3 is 14.5 Å². The molecule has 5 rings (SSSR count). The van der Waals surface area contributed by atoms with Crippen molar-refractivity contribution < 1.29 is 13.9 Å². The zero-order valence-corrected chi connectivity index (χ0v) is 17.5. The average molecular weight is 442 g/mol. The Hall–Kier alpha value is -4.73. The van der Waals surface area contributed by atoms with Gasteiger partial charge in [0.25, 0.3) is 0 Å². The van der Waals surface area contributed by atoms with Crippen LogP contribution in [0.2, 0.25) is 0 Å². The molecule has 2 aromatic carbocycles. The van der Waals surface area contributed by atoms with E-state index < -0.39 is 5.76 Å². The number of para-hydroxylation sites is 2. The number of aromatic nitrogens is 5. The first-order valence-corrected chi connectivity index (χ1v) is 10.1. The van der Waals surface area contributed by atoms with E-state index in [-0.39, 0.29) is 12.5 Å². The van der Waals surface area contributed by atoms with Gasteiger partial charge in [0.05, 0.1) is 5.52 Å². The largest absolute Gasteiger partial charge is 0.439 e. The van der Waals surface area contributed by atoms with Gasteiger partial charge in [-0.1, -0.05) is 12.1 Å². The van der Waals surface area contributed by atoms with Crippen molar-refractivity contribution >= 4 is 22.7 Å². The van der Waals surface area contributed by atoms with Crippen LogP contribution in [0.4, 0.5) is 5.69 Å². The van der Waals surface area contributed by atoms with Crippen LogP contribution >= 0.6 is 0 Å². The fourth-order valence-electron chi connectivity index (χ4n) is 3.37. The highest BCUT2D eigenvalue weighted by Gasteiger charge is 2.13. The van der Waals surface area contributed by atoms with Crippen molar-refractivity contribution in [1.82, 2.24) is 24.1 Å². The highest BCUT2D eigenvalue weighted by molar-refractivity contribution is 5.91. The van der Waals surface area contributed by atoms with E-state index in [1.54, 1.807) is 67.0 Å². The number of carbonyl (C=O) groups excluding carboxylic acids is 1. The van der Waals surface area contributed by atoms with Crippen LogP contribution in [-0.4, -0.2) is 30.0 Å². The van der Waals surface area contributed by atoms with Gasteiger partial charge in [0.1, 0.15) is 30.3 Å². The van der Waals surface area contributed by atoms with Crippen molar-refractivity contribution in [3.63, 3.8) is 0 Å². The third-order valence-corrected chi connectivity index (χ3v) is 4.94. The van der Waals surface area contributed by atoms with Crippen molar-refractivity contribution in [2.24, 2.45) is 0 Å². The van der Waals surface area contributed by atoms with Gasteiger partial charge in [0, 0.05) is 24.1 Å². The van der Waals surface area contributed by atoms with Crippen molar-refractivity contribution in [3.8, 4) is 17.4 Å². The predicted octanol–water partition coefficient (Wildman–Crippen LogP) is 3.31. The molecule has 0 saturated heterocycles. The van der Waals surface area contributed by atoms with Crippen LogP contribution in [0, 0.1) is 6.92 Å². The Morgan fingerprint density at radius 2 is 1.91 bits per heavy atom. The first kappa shape index (κ1) is 20.2. The number of fused-ring (bicyclic) bond motifs is 1. The first-order chi connectivity index (χ1) is 16.1. The minimum absolute atomic E-state index is 0.161. The van der Waals surface area contributed by atoms with Crippen LogP contribution in [0.3, 0.4) is 0 Å². The van der Waals surface area contributed by atoms with E-state index in [0.29, 0.717) is 34.2 Å². The third kappa shape index (κ3) is 4.22. The van der Waals surface area contributed by atoms with Gasteiger partial charge in [-0.05, 0) is 43.3 Å². The maximum atomic E-state index is 12.5. The van der Waals surface area contributed by atoms with Gasteiger partial charge in [-0.3, -0.25) is 13.9 Å². The molecule has 10 nitrogen and oxygen atoms in total. The molecule has 10 heteroatoms. The third-order valence-electron chi connectivity index (χ3n) is 4.94. The summed E-state index contributed by atoms with van der Waals surface area (Å²) in [6.45, 7) is 1.71. The summed E-state index contributed by atoms with van der Waals surface area (Å²) < 4.78 is 14.1. The molecule has 0 saturated carbocycles. The second-order valence-electron chi connectivity index (χ2n) is 7.16. The SMILES string of the molecule is Cc1nccn1-c1cc(Oc2ccc(NC(=O)Cn3c(=O)oc4ccccc43)cc2)ncn1. The second-order valence-corrected chi connectivity index (χ2v) is 7.16. The molecule has 0 spiro atoms. The molecule has 0 bridgehead atoms. The summed E-state index contributed by atoms with van der Waals surface area (Å²) in [6.07, 6.45) is 4.91. The van der Waals surface area contributed by atoms with E-state index in [9.17, 15) is 9.59 Å². The summed E-state index contributed by atoms with van der Waals surface area (Å²) in [5.41, 5.74) is 1.56. The molecule has 5 aromatic rings. The molecule has 0 radical (unpaired) electrons. The number of amides is 1. The highest BCUT2D eigenvalue weighted by Crippen LogP contribution is 2.23. The molecule has 0 aliphatic rings. The van der Waals surface area contributed by atoms with E-state index in [1.165, 1.54) is 10.9 Å². The highest BCUT2D eigenvalue weighted by atomic mass is 16.5. The van der Waals surface area contributed by atoms with Crippen molar-refractivity contribution in [2.75, 3.05) is 5.32 Å². The number of anilines is 1. The normalized spacial score (nSPS) is 10.9. The number of aryl methyl sites for hydroxylation is 1. The van der Waals surface area contributed by atoms with Gasteiger partial charge in [-0.2, -0.15) is 0 Å². The van der Waals surface area contributed by atoms with E-state index in [1.807, 2.05) is 11.5 Å². The van der Waals surface area contributed by atoms with E-state index in [4.69, 9.17) is 9.15 Å². The number of hydrogen-bond donors (Lipinski definition) is 1. The summed E-state index contributed by atoms with van der Waals surface area (Å²) in [7, 11) is 0. The first-order valence-electron chi connectivity index (χ1n) is 10.1. The monoisotopic (exact) mass is 442 g/mol. The summed E-state index contributed by atoms with van der Waals surface area (Å²) in [5.74, 6) is 1.41. The molecule has 164 valence electrons. The number of hydrogen-bond acceptors (Lipinski definition) is 7. The zero-order valence-electron chi connectivity index (χ0n) is 17.5. The topological polar surface area (TPSA) is 117 Å². The molecule has 0 aliphatic carbocycles. The molecule has 33 heavy (non-hydrogen) atoms. The van der Waals surface area contributed by atoms with Gasteiger partial charge in [-0.15, -0.1) is 0 Å². The Bertz CT molecular complexity index is 1500.